The highest BCUT2D eigenvalue weighted by molar-refractivity contribution is 6.82. The third-order valence-corrected chi connectivity index (χ3v) is 27.8. The first-order valence-electron chi connectivity index (χ1n) is 29.6. The summed E-state index contributed by atoms with van der Waals surface area (Å²) in [5.74, 6) is 0. The van der Waals surface area contributed by atoms with Gasteiger partial charge in [-0.2, -0.15) is 0 Å². The average Bonchev–Trinajstić information content (AvgIpc) is 1.38. The summed E-state index contributed by atoms with van der Waals surface area (Å²) in [6.07, 6.45) is 0. The number of benzene rings is 20. The quantitative estimate of drug-likeness (QED) is 0.0952. The fourth-order valence-electron chi connectivity index (χ4n) is 27.4. The van der Waals surface area contributed by atoms with Crippen molar-refractivity contribution >= 4 is 314 Å². The van der Waals surface area contributed by atoms with Crippen LogP contribution in [0.5, 0.6) is 0 Å². The Morgan fingerprint density at radius 2 is 0.571 bits per heavy atom. The molecule has 1 heterocycles. The fraction of sp³-hybridized carbons (Fsp3) is 0.0541. The molecule has 362 valence electrons. The number of rotatable bonds is 5. The molecule has 0 aromatic heterocycles. The molecule has 0 N–H and O–H groups in total. The lowest BCUT2D eigenvalue weighted by Gasteiger charge is -2.51. The van der Waals surface area contributed by atoms with E-state index >= 15 is 0 Å². The Morgan fingerprint density at radius 3 is 0.845 bits per heavy atom. The van der Waals surface area contributed by atoms with Crippen molar-refractivity contribution in [3.63, 3.8) is 0 Å². The van der Waals surface area contributed by atoms with Crippen LogP contribution in [0.15, 0.2) is 42.5 Å². The smallest absolute Gasteiger partial charge is 0.299 e. The zero-order valence-corrected chi connectivity index (χ0v) is 42.1. The van der Waals surface area contributed by atoms with E-state index in [1.165, 1.54) is 319 Å². The second-order valence-electron chi connectivity index (χ2n) is 28.5. The monoisotopic (exact) mass is 1050 g/mol. The maximum Gasteiger partial charge on any atom is 0.299 e. The predicted molar refractivity (Wildman–Crippen MR) is 337 cm³/mol. The van der Waals surface area contributed by atoms with Gasteiger partial charge in [0.1, 0.15) is 5.69 Å². The summed E-state index contributed by atoms with van der Waals surface area (Å²) in [4.78, 5) is 42.1. The van der Waals surface area contributed by atoms with Gasteiger partial charge in [-0.05, 0) is 319 Å². The summed E-state index contributed by atoms with van der Waals surface area (Å²) in [5, 5.41) is 118. The average molecular weight is 1050 g/mol. The van der Waals surface area contributed by atoms with Gasteiger partial charge in [-0.25, -0.2) is 0 Å². The Kier molecular flexibility index (Phi) is 3.19. The molecule has 2 spiro atoms. The number of hydrogen-bond acceptors (Lipinski definition) is 7. The van der Waals surface area contributed by atoms with Gasteiger partial charge in [0, 0.05) is 18.7 Å². The number of nitro benzene ring substituents is 3. The first-order chi connectivity index (χ1) is 41.4. The van der Waals surface area contributed by atoms with Crippen LogP contribution in [0.1, 0.15) is 33.9 Å². The van der Waals surface area contributed by atoms with Crippen molar-refractivity contribution in [2.45, 2.75) is 16.9 Å². The fourth-order valence-corrected chi connectivity index (χ4v) is 27.4. The molecule has 10 nitrogen and oxygen atoms in total. The number of non-ortho nitro benzene ring substituents is 1. The number of para-hydroxylation sites is 1. The largest absolute Gasteiger partial charge is 0.356 e. The van der Waals surface area contributed by atoms with Crippen molar-refractivity contribution in [2.75, 3.05) is 11.4 Å². The molecule has 5 aliphatic rings. The Balaban J connectivity index is 1.03. The van der Waals surface area contributed by atoms with Crippen LogP contribution in [-0.4, -0.2) is 21.3 Å². The summed E-state index contributed by atoms with van der Waals surface area (Å²) in [7, 11) is 0. The van der Waals surface area contributed by atoms with E-state index in [9.17, 15) is 30.3 Å². The van der Waals surface area contributed by atoms with Crippen LogP contribution in [0.3, 0.4) is 0 Å². The third-order valence-electron chi connectivity index (χ3n) is 27.8. The molecule has 35 rings (SSSR count). The van der Waals surface area contributed by atoms with Gasteiger partial charge in [0.15, 0.2) is 0 Å². The van der Waals surface area contributed by atoms with Crippen molar-refractivity contribution in [1.82, 2.24) is 0 Å². The lowest BCUT2D eigenvalue weighted by Crippen LogP contribution is -2.52. The standard InChI is InChI=1S/C74H10N4O6/c79-76(80)9-5-6-12(13(7-9)78(83)84)75-8-73-68-60-52-42-32-24-16-14-15-18-22-20(16)28-36-30(22)40-34-26(18)27-19(15)23-21-17(14)25(24)33-39-29(21)37-31(23)41-35(27)45-44(34)56-50(40)58-48(36)54(46(52)38(28)32)62(68)64(58)70-66(56)67-57(45)51(41)59-49(37)55-47(39)53(43(33)42)61(60)69(73)63(55)65(59)71(67)74(70,73)72(75)10-3-1-2-4-11(10)77(81)82/h1-7,72H,8H2. The Bertz CT molecular complexity index is 8140. The molecule has 1 unspecified atom stereocenters. The molecule has 84 heavy (non-hydrogen) atoms. The Labute approximate surface area is 455 Å². The summed E-state index contributed by atoms with van der Waals surface area (Å²) in [6.45, 7) is 0.276. The van der Waals surface area contributed by atoms with E-state index in [1.54, 1.807) is 18.2 Å². The van der Waals surface area contributed by atoms with Crippen LogP contribution >= 0.6 is 0 Å². The van der Waals surface area contributed by atoms with E-state index in [1.807, 2.05) is 12.1 Å². The Hall–Kier alpha value is -11.1. The van der Waals surface area contributed by atoms with Crippen molar-refractivity contribution in [2.24, 2.45) is 0 Å². The second-order valence-corrected chi connectivity index (χ2v) is 28.5. The number of nitrogens with zero attached hydrogens (tertiary/aromatic N) is 4. The molecule has 30 aromatic rings. The van der Waals surface area contributed by atoms with E-state index in [-0.39, 0.29) is 34.2 Å². The topological polar surface area (TPSA) is 133 Å². The van der Waals surface area contributed by atoms with Gasteiger partial charge in [0.2, 0.25) is 0 Å². The predicted octanol–water partition coefficient (Wildman–Crippen LogP) is 19.3. The summed E-state index contributed by atoms with van der Waals surface area (Å²) >= 11 is 0. The minimum Gasteiger partial charge on any atom is -0.356 e. The molecule has 1 aliphatic heterocycles. The lowest BCUT2D eigenvalue weighted by atomic mass is 9.47. The van der Waals surface area contributed by atoms with E-state index in [0.717, 1.165) is 6.07 Å². The molecule has 30 aromatic carbocycles. The minimum absolute atomic E-state index is 0.0216. The van der Waals surface area contributed by atoms with E-state index in [2.05, 4.69) is 4.90 Å². The maximum atomic E-state index is 14.3. The molecule has 4 aliphatic carbocycles. The zero-order chi connectivity index (χ0) is 51.9. The molecule has 1 atom stereocenters. The number of anilines is 1. The highest BCUT2D eigenvalue weighted by Crippen LogP contribution is 2.87. The number of hydrogen-bond donors (Lipinski definition) is 0. The maximum absolute atomic E-state index is 14.3. The molecule has 0 bridgehead atoms. The van der Waals surface area contributed by atoms with Gasteiger partial charge in [0.25, 0.3) is 17.1 Å². The first kappa shape index (κ1) is 33.6. The van der Waals surface area contributed by atoms with Crippen molar-refractivity contribution < 1.29 is 14.8 Å². The van der Waals surface area contributed by atoms with Crippen molar-refractivity contribution in [3.8, 4) is 0 Å². The van der Waals surface area contributed by atoms with Crippen LogP contribution < -0.4 is 4.90 Å². The molecule has 0 radical (unpaired) electrons. The van der Waals surface area contributed by atoms with Crippen LogP contribution in [0.4, 0.5) is 22.7 Å². The first-order valence-corrected chi connectivity index (χ1v) is 29.6. The van der Waals surface area contributed by atoms with E-state index < -0.39 is 26.7 Å². The third kappa shape index (κ3) is 1.96. The molecule has 10 heteroatoms. The summed E-state index contributed by atoms with van der Waals surface area (Å²) in [6, 6.07) is 10.6. The van der Waals surface area contributed by atoms with Crippen LogP contribution in [0, 0.1) is 30.3 Å². The van der Waals surface area contributed by atoms with Gasteiger partial charge in [0.05, 0.1) is 43.3 Å². The molecule has 1 saturated heterocycles. The highest BCUT2D eigenvalue weighted by Gasteiger charge is 2.77. The van der Waals surface area contributed by atoms with Gasteiger partial charge in [-0.3, -0.25) is 30.3 Å². The minimum atomic E-state index is -1.10. The van der Waals surface area contributed by atoms with Crippen LogP contribution in [-0.2, 0) is 10.8 Å². The van der Waals surface area contributed by atoms with Gasteiger partial charge < -0.3 is 4.90 Å². The second kappa shape index (κ2) is 7.97. The number of nitro groups is 3. The normalized spacial score (nSPS) is 21.5. The van der Waals surface area contributed by atoms with Crippen molar-refractivity contribution in [3.05, 3.63) is 101 Å². The molecule has 0 amide bonds. The summed E-state index contributed by atoms with van der Waals surface area (Å²) in [5.41, 5.74) is 3.17. The lowest BCUT2D eigenvalue weighted by molar-refractivity contribution is -0.393. The molecular formula is C74H10N4O6. The SMILES string of the molecule is O=[N+]([O-])c1ccc(N2CC34c5c6c7c8c9c%10c(c%11c%12c3c3c5c5c%13c6c6c7c7c9c9c%14c%10c%10c%11c%11c%12c%12c3c3c5c5c%13c%13c6c6c7c9c7c9c%14c%10c%10c%11c%11c%12c3c3c5c5c%13c6c7c6c9c%10c%11c3c56)C84C2c2ccccc2[N+](=O)[O-])c([N+](=O)[O-])c1. The van der Waals surface area contributed by atoms with E-state index in [0.29, 0.717) is 5.56 Å². The highest BCUT2D eigenvalue weighted by atomic mass is 16.6. The molecule has 0 saturated carbocycles. The van der Waals surface area contributed by atoms with Crippen LogP contribution in [0.25, 0.3) is 291 Å². The Morgan fingerprint density at radius 1 is 0.310 bits per heavy atom. The van der Waals surface area contributed by atoms with Crippen molar-refractivity contribution in [1.29, 1.82) is 0 Å². The van der Waals surface area contributed by atoms with Gasteiger partial charge in [-0.15, -0.1) is 0 Å². The van der Waals surface area contributed by atoms with Crippen LogP contribution in [0.2, 0.25) is 0 Å². The van der Waals surface area contributed by atoms with Gasteiger partial charge in [-0.1, -0.05) is 18.2 Å². The summed E-state index contributed by atoms with van der Waals surface area (Å²) < 4.78 is 0. The molecular weight excluding hydrogens is 1040 g/mol. The molecule has 1 fully saturated rings. The van der Waals surface area contributed by atoms with Gasteiger partial charge >= 0.3 is 0 Å². The van der Waals surface area contributed by atoms with E-state index in [4.69, 9.17) is 0 Å². The zero-order valence-electron chi connectivity index (χ0n) is 42.1.